The van der Waals surface area contributed by atoms with Crippen LogP contribution in [-0.4, -0.2) is 23.4 Å². The van der Waals surface area contributed by atoms with Crippen LogP contribution in [0.25, 0.3) is 10.9 Å². The number of nitrogens with zero attached hydrogens (tertiary/aromatic N) is 1. The Morgan fingerprint density at radius 3 is 2.52 bits per heavy atom. The van der Waals surface area contributed by atoms with E-state index in [0.717, 1.165) is 22.2 Å². The van der Waals surface area contributed by atoms with Crippen LogP contribution in [0.3, 0.4) is 0 Å². The lowest BCUT2D eigenvalue weighted by molar-refractivity contribution is 0.0541. The fourth-order valence-electron chi connectivity index (χ4n) is 2.13. The summed E-state index contributed by atoms with van der Waals surface area (Å²) in [7, 11) is 1.62. The number of carbonyl (C=O) groups excluding carboxylic acids is 1. The van der Waals surface area contributed by atoms with Gasteiger partial charge in [-0.05, 0) is 48.8 Å². The molecular weight excluding hydrogens is 402 g/mol. The molecule has 0 aliphatic carbocycles. The van der Waals surface area contributed by atoms with Crippen molar-refractivity contribution in [3.05, 3.63) is 28.4 Å². The minimum Gasteiger partial charge on any atom is -0.496 e. The summed E-state index contributed by atoms with van der Waals surface area (Å²) in [6, 6.07) is 5.60. The summed E-state index contributed by atoms with van der Waals surface area (Å²) in [4.78, 5) is 12.5. The number of hydrogen-bond donors (Lipinski definition) is 0. The highest BCUT2D eigenvalue weighted by molar-refractivity contribution is 9.10. The van der Waals surface area contributed by atoms with E-state index >= 15 is 0 Å². The van der Waals surface area contributed by atoms with E-state index in [4.69, 9.17) is 9.47 Å². The van der Waals surface area contributed by atoms with E-state index < -0.39 is 11.7 Å². The zero-order chi connectivity index (χ0) is 15.8. The summed E-state index contributed by atoms with van der Waals surface area (Å²) >= 11 is 6.97. The van der Waals surface area contributed by atoms with Crippen LogP contribution in [0.15, 0.2) is 22.8 Å². The minimum absolute atomic E-state index is 0.417. The second kappa shape index (κ2) is 6.01. The molecule has 0 unspecified atom stereocenters. The van der Waals surface area contributed by atoms with Gasteiger partial charge in [0.2, 0.25) is 0 Å². The maximum atomic E-state index is 12.5. The first-order valence-corrected chi connectivity index (χ1v) is 8.36. The lowest BCUT2D eigenvalue weighted by Crippen LogP contribution is -2.27. The van der Waals surface area contributed by atoms with Gasteiger partial charge in [0.15, 0.2) is 0 Å². The number of alkyl halides is 1. The van der Waals surface area contributed by atoms with Gasteiger partial charge in [0.05, 0.1) is 12.6 Å². The lowest BCUT2D eigenvalue weighted by Gasteiger charge is -2.20. The van der Waals surface area contributed by atoms with E-state index in [1.807, 2.05) is 39.0 Å². The standard InChI is InChI=1S/C15H17Br2NO3/c1-15(2,3)21-14(19)18-10-6-5-7-11(20-4)12(10)9(8-16)13(18)17/h5-7H,8H2,1-4H3. The summed E-state index contributed by atoms with van der Waals surface area (Å²) in [5, 5.41) is 1.50. The zero-order valence-corrected chi connectivity index (χ0v) is 15.5. The average molecular weight is 419 g/mol. The molecule has 0 aliphatic heterocycles. The van der Waals surface area contributed by atoms with Crippen molar-refractivity contribution in [3.63, 3.8) is 0 Å². The van der Waals surface area contributed by atoms with Gasteiger partial charge in [0.25, 0.3) is 0 Å². The Labute approximate surface area is 140 Å². The molecule has 21 heavy (non-hydrogen) atoms. The van der Waals surface area contributed by atoms with Gasteiger partial charge in [-0.3, -0.25) is 0 Å². The predicted octanol–water partition coefficient (Wildman–Crippen LogP) is 5.09. The molecule has 2 aromatic rings. The Morgan fingerprint density at radius 2 is 2.00 bits per heavy atom. The molecule has 114 valence electrons. The highest BCUT2D eigenvalue weighted by Crippen LogP contribution is 2.38. The van der Waals surface area contributed by atoms with Gasteiger partial charge in [-0.25, -0.2) is 9.36 Å². The molecule has 1 aromatic carbocycles. The Hall–Kier alpha value is -1.01. The van der Waals surface area contributed by atoms with Crippen molar-refractivity contribution in [2.75, 3.05) is 7.11 Å². The van der Waals surface area contributed by atoms with Gasteiger partial charge in [-0.15, -0.1) is 0 Å². The first kappa shape index (κ1) is 16.4. The minimum atomic E-state index is -0.555. The monoisotopic (exact) mass is 417 g/mol. The number of rotatable bonds is 2. The largest absolute Gasteiger partial charge is 0.496 e. The van der Waals surface area contributed by atoms with Gasteiger partial charge in [-0.1, -0.05) is 22.0 Å². The average Bonchev–Trinajstić information content (AvgIpc) is 2.67. The fourth-order valence-corrected chi connectivity index (χ4v) is 3.73. The number of carbonyl (C=O) groups is 1. The molecule has 0 radical (unpaired) electrons. The van der Waals surface area contributed by atoms with E-state index in [1.54, 1.807) is 7.11 Å². The Bertz CT molecular complexity index is 686. The summed E-state index contributed by atoms with van der Waals surface area (Å²) in [6.07, 6.45) is -0.417. The van der Waals surface area contributed by atoms with Crippen LogP contribution in [0.4, 0.5) is 4.79 Å². The molecule has 0 N–H and O–H groups in total. The smallest absolute Gasteiger partial charge is 0.419 e. The third-order valence-electron chi connectivity index (χ3n) is 2.92. The van der Waals surface area contributed by atoms with Gasteiger partial charge < -0.3 is 9.47 Å². The molecule has 0 amide bonds. The summed E-state index contributed by atoms with van der Waals surface area (Å²) < 4.78 is 13.1. The maximum Gasteiger partial charge on any atom is 0.419 e. The number of benzene rings is 1. The van der Waals surface area contributed by atoms with Crippen molar-refractivity contribution in [2.24, 2.45) is 0 Å². The van der Waals surface area contributed by atoms with Gasteiger partial charge >= 0.3 is 6.09 Å². The first-order chi connectivity index (χ1) is 9.80. The van der Waals surface area contributed by atoms with Crippen LogP contribution < -0.4 is 4.74 Å². The molecule has 1 heterocycles. The molecule has 1 aromatic heterocycles. The van der Waals surface area contributed by atoms with Gasteiger partial charge in [0.1, 0.15) is 16.0 Å². The zero-order valence-electron chi connectivity index (χ0n) is 12.4. The molecule has 6 heteroatoms. The van der Waals surface area contributed by atoms with E-state index in [0.29, 0.717) is 9.93 Å². The third-order valence-corrected chi connectivity index (χ3v) is 4.32. The van der Waals surface area contributed by atoms with Crippen molar-refractivity contribution in [2.45, 2.75) is 31.7 Å². The molecule has 0 fully saturated rings. The van der Waals surface area contributed by atoms with E-state index in [1.165, 1.54) is 4.57 Å². The van der Waals surface area contributed by atoms with E-state index in [2.05, 4.69) is 31.9 Å². The molecule has 0 atom stereocenters. The van der Waals surface area contributed by atoms with Crippen LogP contribution in [0.1, 0.15) is 26.3 Å². The number of methoxy groups -OCH3 is 1. The Kier molecular flexibility index (Phi) is 4.68. The molecule has 2 rings (SSSR count). The SMILES string of the molecule is COc1cccc2c1c(CBr)c(Br)n2C(=O)OC(C)(C)C. The number of halogens is 2. The van der Waals surface area contributed by atoms with Crippen LogP contribution >= 0.6 is 31.9 Å². The Morgan fingerprint density at radius 1 is 1.33 bits per heavy atom. The van der Waals surface area contributed by atoms with E-state index in [9.17, 15) is 4.79 Å². The first-order valence-electron chi connectivity index (χ1n) is 6.45. The molecule has 0 bridgehead atoms. The molecule has 0 spiro atoms. The van der Waals surface area contributed by atoms with Crippen LogP contribution in [0.5, 0.6) is 5.75 Å². The topological polar surface area (TPSA) is 40.5 Å². The van der Waals surface area contributed by atoms with Crippen molar-refractivity contribution < 1.29 is 14.3 Å². The third kappa shape index (κ3) is 3.11. The molecule has 0 aliphatic rings. The maximum absolute atomic E-state index is 12.5. The van der Waals surface area contributed by atoms with Crippen molar-refractivity contribution in [1.82, 2.24) is 4.57 Å². The summed E-state index contributed by atoms with van der Waals surface area (Å²) in [5.41, 5.74) is 1.15. The quantitative estimate of drug-likeness (QED) is 0.637. The Balaban J connectivity index is 2.70. The molecule has 0 saturated heterocycles. The van der Waals surface area contributed by atoms with Crippen LogP contribution in [0.2, 0.25) is 0 Å². The van der Waals surface area contributed by atoms with Crippen LogP contribution in [-0.2, 0) is 10.1 Å². The van der Waals surface area contributed by atoms with Crippen molar-refractivity contribution >= 4 is 48.9 Å². The predicted molar refractivity (Wildman–Crippen MR) is 90.5 cm³/mol. The fraction of sp³-hybridized carbons (Fsp3) is 0.400. The number of ether oxygens (including phenoxy) is 2. The van der Waals surface area contributed by atoms with E-state index in [-0.39, 0.29) is 0 Å². The second-order valence-electron chi connectivity index (χ2n) is 5.57. The number of hydrogen-bond acceptors (Lipinski definition) is 3. The molecule has 0 saturated carbocycles. The summed E-state index contributed by atoms with van der Waals surface area (Å²) in [6.45, 7) is 5.53. The molecule has 4 nitrogen and oxygen atoms in total. The van der Waals surface area contributed by atoms with Crippen LogP contribution in [0, 0.1) is 0 Å². The lowest BCUT2D eigenvalue weighted by atomic mass is 10.2. The highest BCUT2D eigenvalue weighted by Gasteiger charge is 2.25. The van der Waals surface area contributed by atoms with Gasteiger partial charge in [-0.2, -0.15) is 0 Å². The normalized spacial score (nSPS) is 11.7. The second-order valence-corrected chi connectivity index (χ2v) is 6.89. The molecular formula is C15H17Br2NO3. The summed E-state index contributed by atoms with van der Waals surface area (Å²) in [5.74, 6) is 0.727. The highest BCUT2D eigenvalue weighted by atomic mass is 79.9. The van der Waals surface area contributed by atoms with Crippen molar-refractivity contribution in [3.8, 4) is 5.75 Å². The number of aromatic nitrogens is 1. The van der Waals surface area contributed by atoms with Crippen molar-refractivity contribution in [1.29, 1.82) is 0 Å². The number of fused-ring (bicyclic) bond motifs is 1. The van der Waals surface area contributed by atoms with Gasteiger partial charge in [0, 0.05) is 16.3 Å².